The Bertz CT molecular complexity index is 408. The molecule has 1 saturated heterocycles. The van der Waals surface area contributed by atoms with Crippen LogP contribution in [0.1, 0.15) is 24.8 Å². The highest BCUT2D eigenvalue weighted by molar-refractivity contribution is 5.81. The Morgan fingerprint density at radius 2 is 2.06 bits per heavy atom. The van der Waals surface area contributed by atoms with Gasteiger partial charge >= 0.3 is 0 Å². The van der Waals surface area contributed by atoms with Crippen molar-refractivity contribution in [2.24, 2.45) is 0 Å². The molecule has 1 heterocycles. The first kappa shape index (κ1) is 12.9. The second kappa shape index (κ2) is 5.85. The summed E-state index contributed by atoms with van der Waals surface area (Å²) in [4.78, 5) is 13.8. The van der Waals surface area contributed by atoms with Crippen molar-refractivity contribution in [2.75, 3.05) is 25.0 Å². The average molecular weight is 250 g/mol. The van der Waals surface area contributed by atoms with Gasteiger partial charge in [-0.3, -0.25) is 4.79 Å². The molecule has 0 radical (unpaired) electrons. The zero-order chi connectivity index (χ0) is 13.0. The minimum Gasteiger partial charge on any atom is -0.374 e. The number of para-hydroxylation sites is 1. The standard InChI is InChI=1S/C14H19FN2O/c1-11-6-5-7-12(15)14(11)16-10-13(18)17-8-3-2-4-9-17/h5-7,16H,2-4,8-10H2,1H3. The smallest absolute Gasteiger partial charge is 0.241 e. The van der Waals surface area contributed by atoms with Crippen molar-refractivity contribution in [3.63, 3.8) is 0 Å². The van der Waals surface area contributed by atoms with Gasteiger partial charge in [0.2, 0.25) is 5.91 Å². The van der Waals surface area contributed by atoms with Crippen molar-refractivity contribution in [2.45, 2.75) is 26.2 Å². The maximum absolute atomic E-state index is 13.6. The van der Waals surface area contributed by atoms with Gasteiger partial charge < -0.3 is 10.2 Å². The maximum atomic E-state index is 13.6. The van der Waals surface area contributed by atoms with Crippen LogP contribution < -0.4 is 5.32 Å². The van der Waals surface area contributed by atoms with Gasteiger partial charge in [-0.1, -0.05) is 12.1 Å². The monoisotopic (exact) mass is 250 g/mol. The van der Waals surface area contributed by atoms with Crippen LogP contribution in [0.15, 0.2) is 18.2 Å². The van der Waals surface area contributed by atoms with Crippen LogP contribution in [-0.4, -0.2) is 30.4 Å². The number of halogens is 1. The van der Waals surface area contributed by atoms with Gasteiger partial charge in [-0.05, 0) is 37.8 Å². The minimum atomic E-state index is -0.304. The molecule has 1 aliphatic rings. The lowest BCUT2D eigenvalue weighted by Crippen LogP contribution is -2.39. The SMILES string of the molecule is Cc1cccc(F)c1NCC(=O)N1CCCCC1. The molecule has 0 saturated carbocycles. The van der Waals surface area contributed by atoms with Gasteiger partial charge in [-0.2, -0.15) is 0 Å². The van der Waals surface area contributed by atoms with E-state index in [1.807, 2.05) is 17.9 Å². The number of piperidine rings is 1. The molecule has 0 atom stereocenters. The quantitative estimate of drug-likeness (QED) is 0.894. The van der Waals surface area contributed by atoms with Crippen molar-refractivity contribution in [1.29, 1.82) is 0 Å². The predicted octanol–water partition coefficient (Wildman–Crippen LogP) is 2.56. The third-order valence-electron chi connectivity index (χ3n) is 3.35. The molecule has 1 fully saturated rings. The molecule has 4 heteroatoms. The summed E-state index contributed by atoms with van der Waals surface area (Å²) in [6.07, 6.45) is 3.35. The maximum Gasteiger partial charge on any atom is 0.241 e. The number of amides is 1. The first-order chi connectivity index (χ1) is 8.68. The van der Waals surface area contributed by atoms with Gasteiger partial charge in [0, 0.05) is 13.1 Å². The van der Waals surface area contributed by atoms with Crippen LogP contribution in [0.5, 0.6) is 0 Å². The van der Waals surface area contributed by atoms with Crippen LogP contribution in [0.3, 0.4) is 0 Å². The van der Waals surface area contributed by atoms with E-state index in [9.17, 15) is 9.18 Å². The summed E-state index contributed by atoms with van der Waals surface area (Å²) in [6.45, 7) is 3.66. The Kier molecular flexibility index (Phi) is 4.18. The second-order valence-electron chi connectivity index (χ2n) is 4.73. The van der Waals surface area contributed by atoms with E-state index >= 15 is 0 Å². The summed E-state index contributed by atoms with van der Waals surface area (Å²) >= 11 is 0. The van der Waals surface area contributed by atoms with E-state index in [1.54, 1.807) is 6.07 Å². The molecule has 1 amide bonds. The number of nitrogens with zero attached hydrogens (tertiary/aromatic N) is 1. The molecule has 1 aromatic rings. The number of hydrogen-bond donors (Lipinski definition) is 1. The second-order valence-corrected chi connectivity index (χ2v) is 4.73. The largest absolute Gasteiger partial charge is 0.374 e. The molecule has 1 N–H and O–H groups in total. The number of hydrogen-bond acceptors (Lipinski definition) is 2. The van der Waals surface area contributed by atoms with Gasteiger partial charge in [0.05, 0.1) is 12.2 Å². The van der Waals surface area contributed by atoms with E-state index in [0.29, 0.717) is 5.69 Å². The van der Waals surface area contributed by atoms with E-state index in [0.717, 1.165) is 31.5 Å². The molecule has 0 bridgehead atoms. The number of benzene rings is 1. The molecule has 98 valence electrons. The fraction of sp³-hybridized carbons (Fsp3) is 0.500. The molecule has 1 aliphatic heterocycles. The van der Waals surface area contributed by atoms with E-state index in [4.69, 9.17) is 0 Å². The molecule has 0 spiro atoms. The molecule has 0 unspecified atom stereocenters. The zero-order valence-corrected chi connectivity index (χ0v) is 10.7. The average Bonchev–Trinajstić information content (AvgIpc) is 2.39. The highest BCUT2D eigenvalue weighted by Gasteiger charge is 2.16. The number of carbonyl (C=O) groups is 1. The van der Waals surface area contributed by atoms with Crippen LogP contribution in [0, 0.1) is 12.7 Å². The summed E-state index contributed by atoms with van der Waals surface area (Å²) in [6, 6.07) is 4.90. The van der Waals surface area contributed by atoms with Gasteiger partial charge in [0.25, 0.3) is 0 Å². The fourth-order valence-electron chi connectivity index (χ4n) is 2.27. The van der Waals surface area contributed by atoms with Crippen molar-refractivity contribution in [1.82, 2.24) is 4.90 Å². The third-order valence-corrected chi connectivity index (χ3v) is 3.35. The zero-order valence-electron chi connectivity index (χ0n) is 10.7. The van der Waals surface area contributed by atoms with Gasteiger partial charge in [0.1, 0.15) is 5.82 Å². The van der Waals surface area contributed by atoms with E-state index < -0.39 is 0 Å². The van der Waals surface area contributed by atoms with Crippen LogP contribution in [-0.2, 0) is 4.79 Å². The van der Waals surface area contributed by atoms with Crippen LogP contribution in [0.2, 0.25) is 0 Å². The Morgan fingerprint density at radius 1 is 1.33 bits per heavy atom. The van der Waals surface area contributed by atoms with Crippen molar-refractivity contribution in [3.05, 3.63) is 29.6 Å². The first-order valence-corrected chi connectivity index (χ1v) is 6.45. The lowest BCUT2D eigenvalue weighted by Gasteiger charge is -2.27. The highest BCUT2D eigenvalue weighted by atomic mass is 19.1. The number of likely N-dealkylation sites (tertiary alicyclic amines) is 1. The van der Waals surface area contributed by atoms with Crippen molar-refractivity contribution < 1.29 is 9.18 Å². The summed E-state index contributed by atoms with van der Waals surface area (Å²) in [5.74, 6) is -0.251. The number of aryl methyl sites for hydroxylation is 1. The number of rotatable bonds is 3. The number of anilines is 1. The predicted molar refractivity (Wildman–Crippen MR) is 70.1 cm³/mol. The van der Waals surface area contributed by atoms with Gasteiger partial charge in [-0.25, -0.2) is 4.39 Å². The molecular weight excluding hydrogens is 231 g/mol. The summed E-state index contributed by atoms with van der Waals surface area (Å²) < 4.78 is 13.6. The van der Waals surface area contributed by atoms with E-state index in [1.165, 1.54) is 12.5 Å². The Hall–Kier alpha value is -1.58. The molecule has 1 aromatic carbocycles. The molecule has 0 aromatic heterocycles. The van der Waals surface area contributed by atoms with Crippen LogP contribution >= 0.6 is 0 Å². The first-order valence-electron chi connectivity index (χ1n) is 6.45. The highest BCUT2D eigenvalue weighted by Crippen LogP contribution is 2.18. The van der Waals surface area contributed by atoms with Crippen LogP contribution in [0.4, 0.5) is 10.1 Å². The number of carbonyl (C=O) groups excluding carboxylic acids is 1. The van der Waals surface area contributed by atoms with Gasteiger partial charge in [-0.15, -0.1) is 0 Å². The Balaban J connectivity index is 1.92. The molecule has 3 nitrogen and oxygen atoms in total. The third kappa shape index (κ3) is 3.00. The summed E-state index contributed by atoms with van der Waals surface area (Å²) in [5.41, 5.74) is 1.25. The fourth-order valence-corrected chi connectivity index (χ4v) is 2.27. The van der Waals surface area contributed by atoms with E-state index in [2.05, 4.69) is 5.32 Å². The van der Waals surface area contributed by atoms with E-state index in [-0.39, 0.29) is 18.3 Å². The Morgan fingerprint density at radius 3 is 2.72 bits per heavy atom. The van der Waals surface area contributed by atoms with Crippen molar-refractivity contribution >= 4 is 11.6 Å². The van der Waals surface area contributed by atoms with Gasteiger partial charge in [0.15, 0.2) is 0 Å². The lowest BCUT2D eigenvalue weighted by atomic mass is 10.1. The van der Waals surface area contributed by atoms with Crippen molar-refractivity contribution in [3.8, 4) is 0 Å². The molecule has 0 aliphatic carbocycles. The number of nitrogens with one attached hydrogen (secondary N) is 1. The topological polar surface area (TPSA) is 32.3 Å². The molecule has 18 heavy (non-hydrogen) atoms. The molecule has 2 rings (SSSR count). The lowest BCUT2D eigenvalue weighted by molar-refractivity contribution is -0.130. The summed E-state index contributed by atoms with van der Waals surface area (Å²) in [7, 11) is 0. The normalized spacial score (nSPS) is 15.6. The Labute approximate surface area is 107 Å². The minimum absolute atomic E-state index is 0.0531. The molecular formula is C14H19FN2O. The summed E-state index contributed by atoms with van der Waals surface area (Å²) in [5, 5.41) is 2.91. The van der Waals surface area contributed by atoms with Crippen LogP contribution in [0.25, 0.3) is 0 Å².